The number of oxazole rings is 1. The van der Waals surface area contributed by atoms with Crippen LogP contribution >= 0.6 is 11.6 Å². The number of hydrogen-bond acceptors (Lipinski definition) is 3. The molecule has 2 aromatic carbocycles. The van der Waals surface area contributed by atoms with Gasteiger partial charge in [-0.2, -0.15) is 4.98 Å². The molecule has 0 spiro atoms. The van der Waals surface area contributed by atoms with Crippen molar-refractivity contribution < 1.29 is 9.15 Å². The summed E-state index contributed by atoms with van der Waals surface area (Å²) in [6, 6.07) is 13.8. The van der Waals surface area contributed by atoms with E-state index < -0.39 is 0 Å². The summed E-state index contributed by atoms with van der Waals surface area (Å²) in [6.07, 6.45) is 1.70. The standard InChI is InChI=1S/C14H10ClNO2/c15-8-11-9-17-14(16-11)18-13-7-3-5-10-4-1-2-6-12(10)13/h1-7,9H,8H2. The lowest BCUT2D eigenvalue weighted by Gasteiger charge is -2.04. The van der Waals surface area contributed by atoms with Gasteiger partial charge < -0.3 is 9.15 Å². The Morgan fingerprint density at radius 2 is 1.94 bits per heavy atom. The van der Waals surface area contributed by atoms with Gasteiger partial charge in [0, 0.05) is 5.39 Å². The van der Waals surface area contributed by atoms with Gasteiger partial charge >= 0.3 is 6.08 Å². The van der Waals surface area contributed by atoms with Crippen LogP contribution in [0.2, 0.25) is 0 Å². The second-order valence-electron chi connectivity index (χ2n) is 3.82. The van der Waals surface area contributed by atoms with Gasteiger partial charge in [-0.05, 0) is 11.5 Å². The SMILES string of the molecule is ClCc1coc(Oc2cccc3ccccc23)n1. The van der Waals surface area contributed by atoms with E-state index in [9.17, 15) is 0 Å². The molecule has 3 aromatic rings. The monoisotopic (exact) mass is 259 g/mol. The molecule has 0 N–H and O–H groups in total. The van der Waals surface area contributed by atoms with Crippen molar-refractivity contribution in [1.29, 1.82) is 0 Å². The third-order valence-corrected chi connectivity index (χ3v) is 2.89. The van der Waals surface area contributed by atoms with Gasteiger partial charge in [0.05, 0.1) is 11.6 Å². The van der Waals surface area contributed by atoms with Gasteiger partial charge in [0.2, 0.25) is 0 Å². The minimum absolute atomic E-state index is 0.210. The molecule has 90 valence electrons. The molecule has 0 aliphatic rings. The highest BCUT2D eigenvalue weighted by atomic mass is 35.5. The van der Waals surface area contributed by atoms with Crippen molar-refractivity contribution in [3.63, 3.8) is 0 Å². The molecule has 0 bridgehead atoms. The lowest BCUT2D eigenvalue weighted by molar-refractivity contribution is 0.333. The predicted octanol–water partition coefficient (Wildman–Crippen LogP) is 4.36. The van der Waals surface area contributed by atoms with Crippen molar-refractivity contribution >= 4 is 22.4 Å². The molecule has 18 heavy (non-hydrogen) atoms. The Labute approximate surface area is 109 Å². The number of rotatable bonds is 3. The number of nitrogens with zero attached hydrogens (tertiary/aromatic N) is 1. The number of benzene rings is 2. The molecule has 0 aliphatic heterocycles. The molecule has 0 saturated heterocycles. The van der Waals surface area contributed by atoms with E-state index in [-0.39, 0.29) is 6.08 Å². The van der Waals surface area contributed by atoms with Gasteiger partial charge in [0.25, 0.3) is 0 Å². The molecule has 0 aliphatic carbocycles. The van der Waals surface area contributed by atoms with Crippen LogP contribution in [0.1, 0.15) is 5.69 Å². The lowest BCUT2D eigenvalue weighted by Crippen LogP contribution is -1.86. The molecule has 0 saturated carbocycles. The summed E-state index contributed by atoms with van der Waals surface area (Å²) in [6.45, 7) is 0. The molecule has 3 rings (SSSR count). The summed E-state index contributed by atoms with van der Waals surface area (Å²) in [7, 11) is 0. The molecule has 0 radical (unpaired) electrons. The largest absolute Gasteiger partial charge is 0.417 e. The summed E-state index contributed by atoms with van der Waals surface area (Å²) in [5.41, 5.74) is 0.659. The fourth-order valence-corrected chi connectivity index (χ4v) is 1.90. The van der Waals surface area contributed by atoms with Gasteiger partial charge in [-0.1, -0.05) is 36.4 Å². The van der Waals surface area contributed by atoms with E-state index in [4.69, 9.17) is 20.8 Å². The molecular formula is C14H10ClNO2. The van der Waals surface area contributed by atoms with Crippen LogP contribution in [0.3, 0.4) is 0 Å². The van der Waals surface area contributed by atoms with Crippen LogP contribution in [-0.4, -0.2) is 4.98 Å². The van der Waals surface area contributed by atoms with Gasteiger partial charge in [-0.15, -0.1) is 11.6 Å². The lowest BCUT2D eigenvalue weighted by atomic mass is 10.1. The first-order chi connectivity index (χ1) is 8.86. The first-order valence-electron chi connectivity index (χ1n) is 5.53. The van der Waals surface area contributed by atoms with Crippen LogP contribution in [0.5, 0.6) is 11.8 Å². The van der Waals surface area contributed by atoms with E-state index in [1.165, 1.54) is 6.26 Å². The first kappa shape index (κ1) is 11.1. The number of aromatic nitrogens is 1. The number of halogens is 1. The van der Waals surface area contributed by atoms with E-state index in [0.29, 0.717) is 11.6 Å². The fraction of sp³-hybridized carbons (Fsp3) is 0.0714. The van der Waals surface area contributed by atoms with E-state index in [2.05, 4.69) is 4.98 Å². The van der Waals surface area contributed by atoms with Crippen molar-refractivity contribution in [2.45, 2.75) is 5.88 Å². The molecular weight excluding hydrogens is 250 g/mol. The van der Waals surface area contributed by atoms with E-state index in [1.807, 2.05) is 42.5 Å². The molecule has 0 unspecified atom stereocenters. The molecule has 1 heterocycles. The van der Waals surface area contributed by atoms with E-state index >= 15 is 0 Å². The second kappa shape index (κ2) is 4.70. The Kier molecular flexibility index (Phi) is 2.90. The van der Waals surface area contributed by atoms with Crippen LogP contribution in [-0.2, 0) is 5.88 Å². The zero-order valence-electron chi connectivity index (χ0n) is 9.47. The molecule has 1 aromatic heterocycles. The average molecular weight is 260 g/mol. The third kappa shape index (κ3) is 2.05. The summed E-state index contributed by atoms with van der Waals surface area (Å²) in [4.78, 5) is 4.11. The van der Waals surface area contributed by atoms with Crippen molar-refractivity contribution in [1.82, 2.24) is 4.98 Å². The average Bonchev–Trinajstić information content (AvgIpc) is 2.87. The van der Waals surface area contributed by atoms with Crippen LogP contribution < -0.4 is 4.74 Å². The fourth-order valence-electron chi connectivity index (χ4n) is 1.78. The Bertz CT molecular complexity index is 673. The second-order valence-corrected chi connectivity index (χ2v) is 4.08. The third-order valence-electron chi connectivity index (χ3n) is 2.61. The number of fused-ring (bicyclic) bond motifs is 1. The number of hydrogen-bond donors (Lipinski definition) is 0. The zero-order chi connectivity index (χ0) is 12.4. The Morgan fingerprint density at radius 1 is 1.11 bits per heavy atom. The van der Waals surface area contributed by atoms with Gasteiger partial charge in [0.15, 0.2) is 0 Å². The van der Waals surface area contributed by atoms with Crippen LogP contribution in [0, 0.1) is 0 Å². The highest BCUT2D eigenvalue weighted by Gasteiger charge is 2.08. The first-order valence-corrected chi connectivity index (χ1v) is 6.06. The van der Waals surface area contributed by atoms with Crippen LogP contribution in [0.15, 0.2) is 53.1 Å². The summed E-state index contributed by atoms with van der Waals surface area (Å²) >= 11 is 5.66. The van der Waals surface area contributed by atoms with E-state index in [1.54, 1.807) is 0 Å². The van der Waals surface area contributed by atoms with Crippen molar-refractivity contribution in [2.75, 3.05) is 0 Å². The number of ether oxygens (including phenoxy) is 1. The van der Waals surface area contributed by atoms with Crippen molar-refractivity contribution in [3.8, 4) is 11.8 Å². The molecule has 4 heteroatoms. The Balaban J connectivity index is 1.99. The van der Waals surface area contributed by atoms with Crippen LogP contribution in [0.25, 0.3) is 10.8 Å². The molecule has 0 amide bonds. The highest BCUT2D eigenvalue weighted by Crippen LogP contribution is 2.29. The summed E-state index contributed by atoms with van der Waals surface area (Å²) < 4.78 is 10.8. The Morgan fingerprint density at radius 3 is 2.78 bits per heavy atom. The maximum Gasteiger partial charge on any atom is 0.399 e. The minimum Gasteiger partial charge on any atom is -0.417 e. The normalized spacial score (nSPS) is 10.7. The highest BCUT2D eigenvalue weighted by molar-refractivity contribution is 6.16. The molecule has 3 nitrogen and oxygen atoms in total. The predicted molar refractivity (Wildman–Crippen MR) is 70.1 cm³/mol. The van der Waals surface area contributed by atoms with Crippen LogP contribution in [0.4, 0.5) is 0 Å². The quantitative estimate of drug-likeness (QED) is 0.656. The zero-order valence-corrected chi connectivity index (χ0v) is 10.2. The smallest absolute Gasteiger partial charge is 0.399 e. The maximum absolute atomic E-state index is 5.66. The van der Waals surface area contributed by atoms with Crippen molar-refractivity contribution in [2.24, 2.45) is 0 Å². The molecule has 0 fully saturated rings. The topological polar surface area (TPSA) is 35.3 Å². The molecule has 0 atom stereocenters. The number of alkyl halides is 1. The van der Waals surface area contributed by atoms with Gasteiger partial charge in [-0.25, -0.2) is 0 Å². The van der Waals surface area contributed by atoms with E-state index in [0.717, 1.165) is 16.5 Å². The summed E-state index contributed by atoms with van der Waals surface area (Å²) in [5, 5.41) is 2.13. The van der Waals surface area contributed by atoms with Gasteiger partial charge in [0.1, 0.15) is 12.0 Å². The maximum atomic E-state index is 5.66. The Hall–Kier alpha value is -2.00. The summed E-state index contributed by atoms with van der Waals surface area (Å²) in [5.74, 6) is 1.03. The van der Waals surface area contributed by atoms with Crippen molar-refractivity contribution in [3.05, 3.63) is 54.4 Å². The van der Waals surface area contributed by atoms with Gasteiger partial charge in [-0.3, -0.25) is 0 Å². The minimum atomic E-state index is 0.210.